The summed E-state index contributed by atoms with van der Waals surface area (Å²) in [4.78, 5) is 10.8. The molecule has 1 aliphatic rings. The lowest BCUT2D eigenvalue weighted by atomic mass is 10.0. The Morgan fingerprint density at radius 2 is 1.82 bits per heavy atom. The van der Waals surface area contributed by atoms with Crippen LogP contribution in [0.25, 0.3) is 0 Å². The van der Waals surface area contributed by atoms with Gasteiger partial charge in [0.05, 0.1) is 12.7 Å². The van der Waals surface area contributed by atoms with Crippen molar-refractivity contribution in [2.75, 3.05) is 20.2 Å². The Bertz CT molecular complexity index is 318. The second-order valence-corrected chi connectivity index (χ2v) is 4.29. The molecule has 2 rings (SSSR count). The van der Waals surface area contributed by atoms with Gasteiger partial charge in [0.1, 0.15) is 0 Å². The first-order valence-corrected chi connectivity index (χ1v) is 6.08. The number of carbonyl (C=O) groups excluding carboxylic acids is 1. The molecule has 1 aromatic carbocycles. The van der Waals surface area contributed by atoms with Crippen molar-refractivity contribution in [1.29, 1.82) is 0 Å². The molecule has 0 bridgehead atoms. The smallest absolute Gasteiger partial charge is 0.337 e. The molecule has 1 heterocycles. The van der Waals surface area contributed by atoms with Crippen LogP contribution in [0.2, 0.25) is 0 Å². The van der Waals surface area contributed by atoms with E-state index in [-0.39, 0.29) is 5.97 Å². The second kappa shape index (κ2) is 7.85. The van der Waals surface area contributed by atoms with Crippen LogP contribution in [-0.4, -0.2) is 26.2 Å². The molecule has 17 heavy (non-hydrogen) atoms. The average molecular weight is 235 g/mol. The van der Waals surface area contributed by atoms with E-state index in [9.17, 15) is 4.79 Å². The molecule has 1 aromatic rings. The highest BCUT2D eigenvalue weighted by Gasteiger charge is 2.05. The van der Waals surface area contributed by atoms with Gasteiger partial charge in [0.25, 0.3) is 0 Å². The number of methoxy groups -OCH3 is 1. The lowest BCUT2D eigenvalue weighted by molar-refractivity contribution is 0.0601. The maximum Gasteiger partial charge on any atom is 0.337 e. The first-order valence-electron chi connectivity index (χ1n) is 6.08. The van der Waals surface area contributed by atoms with E-state index in [0.717, 1.165) is 5.92 Å². The summed E-state index contributed by atoms with van der Waals surface area (Å²) in [5.74, 6) is 0.682. The Labute approximate surface area is 103 Å². The summed E-state index contributed by atoms with van der Waals surface area (Å²) in [7, 11) is 1.37. The van der Waals surface area contributed by atoms with Crippen LogP contribution >= 0.6 is 0 Å². The van der Waals surface area contributed by atoms with E-state index >= 15 is 0 Å². The normalized spacial score (nSPS) is 15.6. The summed E-state index contributed by atoms with van der Waals surface area (Å²) < 4.78 is 4.50. The third kappa shape index (κ3) is 5.50. The Hall–Kier alpha value is -1.35. The number of rotatable bonds is 1. The number of nitrogens with one attached hydrogen (secondary N) is 1. The van der Waals surface area contributed by atoms with Gasteiger partial charge in [-0.2, -0.15) is 0 Å². The molecule has 94 valence electrons. The number of benzene rings is 1. The zero-order chi connectivity index (χ0) is 12.5. The molecule has 1 saturated heterocycles. The van der Waals surface area contributed by atoms with Crippen LogP contribution < -0.4 is 5.32 Å². The minimum absolute atomic E-state index is 0.291. The number of piperidine rings is 1. The first-order chi connectivity index (χ1) is 8.24. The van der Waals surface area contributed by atoms with Crippen molar-refractivity contribution in [3.8, 4) is 0 Å². The molecule has 0 amide bonds. The van der Waals surface area contributed by atoms with Crippen molar-refractivity contribution < 1.29 is 9.53 Å². The maximum absolute atomic E-state index is 10.8. The lowest BCUT2D eigenvalue weighted by Crippen LogP contribution is -2.26. The van der Waals surface area contributed by atoms with Gasteiger partial charge in [0.15, 0.2) is 0 Å². The summed E-state index contributed by atoms with van der Waals surface area (Å²) in [5.41, 5.74) is 0.588. The van der Waals surface area contributed by atoms with Crippen molar-refractivity contribution >= 4 is 5.97 Å². The predicted octanol–water partition coefficient (Wildman–Crippen LogP) is 2.48. The van der Waals surface area contributed by atoms with Crippen LogP contribution in [0.1, 0.15) is 30.1 Å². The van der Waals surface area contributed by atoms with E-state index in [1.807, 2.05) is 6.07 Å². The topological polar surface area (TPSA) is 38.3 Å². The van der Waals surface area contributed by atoms with Gasteiger partial charge >= 0.3 is 5.97 Å². The third-order valence-corrected chi connectivity index (χ3v) is 2.82. The Morgan fingerprint density at radius 1 is 1.24 bits per heavy atom. The molecule has 0 spiro atoms. The molecule has 0 unspecified atom stereocenters. The molecule has 1 aliphatic heterocycles. The van der Waals surface area contributed by atoms with Crippen molar-refractivity contribution in [3.63, 3.8) is 0 Å². The van der Waals surface area contributed by atoms with Gasteiger partial charge in [0.2, 0.25) is 0 Å². The number of carbonyl (C=O) groups is 1. The average Bonchev–Trinajstić information content (AvgIpc) is 2.40. The molecule has 0 aromatic heterocycles. The fourth-order valence-corrected chi connectivity index (χ4v) is 1.66. The highest BCUT2D eigenvalue weighted by Crippen LogP contribution is 2.08. The van der Waals surface area contributed by atoms with Crippen LogP contribution in [-0.2, 0) is 4.74 Å². The van der Waals surface area contributed by atoms with Crippen LogP contribution in [0, 0.1) is 5.92 Å². The second-order valence-electron chi connectivity index (χ2n) is 4.29. The zero-order valence-electron chi connectivity index (χ0n) is 10.6. The van der Waals surface area contributed by atoms with Gasteiger partial charge in [-0.05, 0) is 44.0 Å². The summed E-state index contributed by atoms with van der Waals surface area (Å²) in [5, 5.41) is 3.32. The van der Waals surface area contributed by atoms with E-state index in [1.54, 1.807) is 24.3 Å². The number of hydrogen-bond donors (Lipinski definition) is 1. The fourth-order valence-electron chi connectivity index (χ4n) is 1.66. The lowest BCUT2D eigenvalue weighted by Gasteiger charge is -2.17. The SMILES string of the molecule is CC1CCNCC1.COC(=O)c1ccccc1. The van der Waals surface area contributed by atoms with Gasteiger partial charge in [-0.25, -0.2) is 4.79 Å². The molecule has 1 fully saturated rings. The molecule has 3 nitrogen and oxygen atoms in total. The van der Waals surface area contributed by atoms with Gasteiger partial charge in [-0.1, -0.05) is 25.1 Å². The largest absolute Gasteiger partial charge is 0.465 e. The molecule has 3 heteroatoms. The van der Waals surface area contributed by atoms with Gasteiger partial charge in [0, 0.05) is 0 Å². The van der Waals surface area contributed by atoms with Gasteiger partial charge in [-0.3, -0.25) is 0 Å². The molecule has 1 N–H and O–H groups in total. The summed E-state index contributed by atoms with van der Waals surface area (Å²) >= 11 is 0. The Balaban J connectivity index is 0.000000181. The predicted molar refractivity (Wildman–Crippen MR) is 69.0 cm³/mol. The summed E-state index contributed by atoms with van der Waals surface area (Å²) in [6, 6.07) is 8.88. The zero-order valence-corrected chi connectivity index (χ0v) is 10.6. The van der Waals surface area contributed by atoms with Gasteiger partial charge < -0.3 is 10.1 Å². The van der Waals surface area contributed by atoms with Crippen LogP contribution in [0.5, 0.6) is 0 Å². The molecular formula is C14H21NO2. The summed E-state index contributed by atoms with van der Waals surface area (Å²) in [6.07, 6.45) is 2.75. The van der Waals surface area contributed by atoms with Crippen molar-refractivity contribution in [2.45, 2.75) is 19.8 Å². The van der Waals surface area contributed by atoms with Crippen molar-refractivity contribution in [2.24, 2.45) is 5.92 Å². The molecule has 0 saturated carbocycles. The van der Waals surface area contributed by atoms with E-state index < -0.39 is 0 Å². The third-order valence-electron chi connectivity index (χ3n) is 2.82. The highest BCUT2D eigenvalue weighted by atomic mass is 16.5. The number of hydrogen-bond acceptors (Lipinski definition) is 3. The quantitative estimate of drug-likeness (QED) is 0.760. The van der Waals surface area contributed by atoms with E-state index in [0.29, 0.717) is 5.56 Å². The maximum atomic E-state index is 10.8. The molecule has 0 aliphatic carbocycles. The monoisotopic (exact) mass is 235 g/mol. The van der Waals surface area contributed by atoms with Crippen molar-refractivity contribution in [3.05, 3.63) is 35.9 Å². The molecule has 0 radical (unpaired) electrons. The molecule has 0 atom stereocenters. The van der Waals surface area contributed by atoms with Crippen molar-refractivity contribution in [1.82, 2.24) is 5.32 Å². The first kappa shape index (κ1) is 13.7. The minimum atomic E-state index is -0.291. The van der Waals surface area contributed by atoms with Crippen LogP contribution in [0.4, 0.5) is 0 Å². The van der Waals surface area contributed by atoms with Crippen LogP contribution in [0.3, 0.4) is 0 Å². The van der Waals surface area contributed by atoms with E-state index in [1.165, 1.54) is 33.0 Å². The summed E-state index contributed by atoms with van der Waals surface area (Å²) in [6.45, 7) is 4.79. The Morgan fingerprint density at radius 3 is 2.24 bits per heavy atom. The number of ether oxygens (including phenoxy) is 1. The number of esters is 1. The highest BCUT2D eigenvalue weighted by molar-refractivity contribution is 5.89. The standard InChI is InChI=1S/C8H8O2.C6H13N/c1-10-8(9)7-5-3-2-4-6-7;1-6-2-4-7-5-3-6/h2-6H,1H3;6-7H,2-5H2,1H3. The Kier molecular flexibility index (Phi) is 6.33. The van der Waals surface area contributed by atoms with E-state index in [2.05, 4.69) is 17.0 Å². The van der Waals surface area contributed by atoms with Crippen LogP contribution in [0.15, 0.2) is 30.3 Å². The fraction of sp³-hybridized carbons (Fsp3) is 0.500. The van der Waals surface area contributed by atoms with E-state index in [4.69, 9.17) is 0 Å². The van der Waals surface area contributed by atoms with Gasteiger partial charge in [-0.15, -0.1) is 0 Å². The minimum Gasteiger partial charge on any atom is -0.465 e. The molecular weight excluding hydrogens is 214 g/mol.